The number of aliphatic hydroxyl groups excluding tert-OH is 1. The van der Waals surface area contributed by atoms with Crippen LogP contribution in [0.4, 0.5) is 4.39 Å². The fourth-order valence-electron chi connectivity index (χ4n) is 1.69. The van der Waals surface area contributed by atoms with Crippen LogP contribution < -0.4 is 10.5 Å². The number of nitrogens with two attached hydrogens (primary N) is 1. The normalized spacial score (nSPS) is 12.2. The molecule has 19 heavy (non-hydrogen) atoms. The zero-order valence-electron chi connectivity index (χ0n) is 10.4. The van der Waals surface area contributed by atoms with Crippen molar-refractivity contribution in [3.8, 4) is 5.75 Å². The van der Waals surface area contributed by atoms with E-state index in [1.807, 2.05) is 0 Å². The van der Waals surface area contributed by atoms with Gasteiger partial charge in [0, 0.05) is 5.56 Å². The van der Waals surface area contributed by atoms with Crippen LogP contribution in [0, 0.1) is 5.82 Å². The van der Waals surface area contributed by atoms with Crippen LogP contribution in [-0.2, 0) is 6.61 Å². The third-order valence-electron chi connectivity index (χ3n) is 2.86. The maximum Gasteiger partial charge on any atom is 0.129 e. The van der Waals surface area contributed by atoms with E-state index in [2.05, 4.69) is 0 Å². The third-order valence-corrected chi connectivity index (χ3v) is 2.86. The van der Waals surface area contributed by atoms with Crippen molar-refractivity contribution in [3.63, 3.8) is 0 Å². The second-order valence-corrected chi connectivity index (χ2v) is 4.24. The maximum absolute atomic E-state index is 13.4. The molecule has 0 heterocycles. The minimum absolute atomic E-state index is 0.102. The first-order chi connectivity index (χ1) is 9.20. The molecule has 4 heteroatoms. The quantitative estimate of drug-likeness (QED) is 0.869. The molecule has 0 aromatic heterocycles. The van der Waals surface area contributed by atoms with Crippen molar-refractivity contribution >= 4 is 0 Å². The molecular weight excluding hydrogens is 245 g/mol. The molecule has 0 amide bonds. The SMILES string of the molecule is N[C@@H](CO)c1ccc(OCc2ccccc2F)cc1. The molecule has 0 bridgehead atoms. The second-order valence-electron chi connectivity index (χ2n) is 4.24. The van der Waals surface area contributed by atoms with E-state index in [0.717, 1.165) is 5.56 Å². The summed E-state index contributed by atoms with van der Waals surface area (Å²) in [7, 11) is 0. The zero-order valence-corrected chi connectivity index (χ0v) is 10.4. The van der Waals surface area contributed by atoms with Gasteiger partial charge in [0.05, 0.1) is 12.6 Å². The summed E-state index contributed by atoms with van der Waals surface area (Å²) in [4.78, 5) is 0. The van der Waals surface area contributed by atoms with Crippen molar-refractivity contribution in [2.24, 2.45) is 5.73 Å². The average Bonchev–Trinajstić information content (AvgIpc) is 2.46. The smallest absolute Gasteiger partial charge is 0.129 e. The lowest BCUT2D eigenvalue weighted by molar-refractivity contribution is 0.267. The van der Waals surface area contributed by atoms with Crippen LogP contribution in [0.25, 0.3) is 0 Å². The first-order valence-corrected chi connectivity index (χ1v) is 6.03. The molecule has 2 rings (SSSR count). The molecular formula is C15H16FNO2. The van der Waals surface area contributed by atoms with Gasteiger partial charge in [-0.2, -0.15) is 0 Å². The summed E-state index contributed by atoms with van der Waals surface area (Å²) in [5, 5.41) is 8.94. The van der Waals surface area contributed by atoms with Crippen molar-refractivity contribution in [3.05, 3.63) is 65.5 Å². The summed E-state index contributed by atoms with van der Waals surface area (Å²) in [5.41, 5.74) is 7.04. The van der Waals surface area contributed by atoms with Gasteiger partial charge in [-0.3, -0.25) is 0 Å². The monoisotopic (exact) mass is 261 g/mol. The van der Waals surface area contributed by atoms with E-state index >= 15 is 0 Å². The molecule has 0 aliphatic heterocycles. The highest BCUT2D eigenvalue weighted by Crippen LogP contribution is 2.18. The summed E-state index contributed by atoms with van der Waals surface area (Å²) >= 11 is 0. The van der Waals surface area contributed by atoms with Crippen LogP contribution in [0.3, 0.4) is 0 Å². The lowest BCUT2D eigenvalue weighted by Crippen LogP contribution is -2.14. The van der Waals surface area contributed by atoms with Crippen molar-refractivity contribution < 1.29 is 14.2 Å². The lowest BCUT2D eigenvalue weighted by atomic mass is 10.1. The van der Waals surface area contributed by atoms with E-state index in [4.69, 9.17) is 15.6 Å². The molecule has 0 saturated carbocycles. The van der Waals surface area contributed by atoms with Crippen LogP contribution >= 0.6 is 0 Å². The number of halogens is 1. The predicted molar refractivity (Wildman–Crippen MR) is 71.2 cm³/mol. The summed E-state index contributed by atoms with van der Waals surface area (Å²) < 4.78 is 18.9. The van der Waals surface area contributed by atoms with Crippen molar-refractivity contribution in [2.75, 3.05) is 6.61 Å². The molecule has 0 spiro atoms. The summed E-state index contributed by atoms with van der Waals surface area (Å²) in [6, 6.07) is 13.2. The summed E-state index contributed by atoms with van der Waals surface area (Å²) in [6.45, 7) is 0.0769. The Morgan fingerprint density at radius 2 is 1.79 bits per heavy atom. The Bertz CT molecular complexity index is 528. The Morgan fingerprint density at radius 1 is 1.11 bits per heavy atom. The largest absolute Gasteiger partial charge is 0.489 e. The molecule has 2 aromatic carbocycles. The second kappa shape index (κ2) is 6.31. The average molecular weight is 261 g/mol. The van der Waals surface area contributed by atoms with Gasteiger partial charge in [-0.15, -0.1) is 0 Å². The van der Waals surface area contributed by atoms with Gasteiger partial charge in [0.25, 0.3) is 0 Å². The standard InChI is InChI=1S/C15H16FNO2/c16-14-4-2-1-3-12(14)10-19-13-7-5-11(6-8-13)15(17)9-18/h1-8,15,18H,9-10,17H2/t15-/m0/s1. The molecule has 2 aromatic rings. The lowest BCUT2D eigenvalue weighted by Gasteiger charge is -2.10. The first-order valence-electron chi connectivity index (χ1n) is 6.03. The van der Waals surface area contributed by atoms with Gasteiger partial charge in [-0.1, -0.05) is 30.3 Å². The number of aliphatic hydroxyl groups is 1. The highest BCUT2D eigenvalue weighted by molar-refractivity contribution is 5.29. The summed E-state index contributed by atoms with van der Waals surface area (Å²) in [6.07, 6.45) is 0. The molecule has 0 unspecified atom stereocenters. The van der Waals surface area contributed by atoms with Crippen LogP contribution in [0.1, 0.15) is 17.2 Å². The van der Waals surface area contributed by atoms with Gasteiger partial charge in [0.15, 0.2) is 0 Å². The Morgan fingerprint density at radius 3 is 2.42 bits per heavy atom. The van der Waals surface area contributed by atoms with Crippen molar-refractivity contribution in [2.45, 2.75) is 12.6 Å². The van der Waals surface area contributed by atoms with Crippen LogP contribution in [0.15, 0.2) is 48.5 Å². The van der Waals surface area contributed by atoms with Gasteiger partial charge >= 0.3 is 0 Å². The van der Waals surface area contributed by atoms with Crippen LogP contribution in [0.5, 0.6) is 5.75 Å². The molecule has 3 N–H and O–H groups in total. The molecule has 0 fully saturated rings. The van der Waals surface area contributed by atoms with E-state index < -0.39 is 0 Å². The van der Waals surface area contributed by atoms with E-state index in [0.29, 0.717) is 11.3 Å². The number of ether oxygens (including phenoxy) is 1. The van der Waals surface area contributed by atoms with Gasteiger partial charge in [-0.25, -0.2) is 4.39 Å². The molecule has 0 aliphatic carbocycles. The van der Waals surface area contributed by atoms with E-state index in [1.54, 1.807) is 42.5 Å². The van der Waals surface area contributed by atoms with Gasteiger partial charge in [-0.05, 0) is 23.8 Å². The highest BCUT2D eigenvalue weighted by Gasteiger charge is 2.05. The van der Waals surface area contributed by atoms with Gasteiger partial charge < -0.3 is 15.6 Å². The van der Waals surface area contributed by atoms with Crippen molar-refractivity contribution in [1.82, 2.24) is 0 Å². The van der Waals surface area contributed by atoms with Crippen LogP contribution in [-0.4, -0.2) is 11.7 Å². The number of benzene rings is 2. The minimum Gasteiger partial charge on any atom is -0.489 e. The Labute approximate surface area is 111 Å². The molecule has 3 nitrogen and oxygen atoms in total. The molecule has 0 aliphatic rings. The van der Waals surface area contributed by atoms with E-state index in [9.17, 15) is 4.39 Å². The van der Waals surface area contributed by atoms with Gasteiger partial charge in [0.1, 0.15) is 18.2 Å². The minimum atomic E-state index is -0.388. The number of rotatable bonds is 5. The van der Waals surface area contributed by atoms with Crippen molar-refractivity contribution in [1.29, 1.82) is 0 Å². The number of hydrogen-bond acceptors (Lipinski definition) is 3. The molecule has 1 atom stereocenters. The Balaban J connectivity index is 1.99. The molecule has 100 valence electrons. The zero-order chi connectivity index (χ0) is 13.7. The summed E-state index contributed by atoms with van der Waals surface area (Å²) in [5.74, 6) is 0.360. The topological polar surface area (TPSA) is 55.5 Å². The fraction of sp³-hybridized carbons (Fsp3) is 0.200. The molecule has 0 radical (unpaired) electrons. The first kappa shape index (κ1) is 13.5. The number of hydrogen-bond donors (Lipinski definition) is 2. The fourth-order valence-corrected chi connectivity index (χ4v) is 1.69. The Hall–Kier alpha value is -1.91. The Kier molecular flexibility index (Phi) is 4.49. The van der Waals surface area contributed by atoms with Gasteiger partial charge in [0.2, 0.25) is 0 Å². The predicted octanol–water partition coefficient (Wildman–Crippen LogP) is 2.40. The van der Waals surface area contributed by atoms with Crippen LogP contribution in [0.2, 0.25) is 0 Å². The third kappa shape index (κ3) is 3.53. The van der Waals surface area contributed by atoms with E-state index in [-0.39, 0.29) is 25.1 Å². The molecule has 0 saturated heterocycles. The maximum atomic E-state index is 13.4. The van der Waals surface area contributed by atoms with E-state index in [1.165, 1.54) is 6.07 Å². The highest BCUT2D eigenvalue weighted by atomic mass is 19.1.